The molecule has 0 amide bonds. The van der Waals surface area contributed by atoms with E-state index in [2.05, 4.69) is 5.73 Å². The second-order valence-electron chi connectivity index (χ2n) is 5.20. The number of carbonyl (C=O) groups excluding carboxylic acids is 1. The van der Waals surface area contributed by atoms with Crippen molar-refractivity contribution in [2.45, 2.75) is 27.2 Å². The largest absolute Gasteiger partial charge is 0.488 e. The Morgan fingerprint density at radius 1 is 1.35 bits per heavy atom. The average Bonchev–Trinajstić information content (AvgIpc) is 2.25. The number of ketones is 1. The van der Waals surface area contributed by atoms with Gasteiger partial charge in [-0.15, -0.1) is 0 Å². The molecule has 0 fully saturated rings. The molecule has 0 spiro atoms. The summed E-state index contributed by atoms with van der Waals surface area (Å²) in [6.45, 7) is 7.18. The number of ether oxygens (including phenoxy) is 1. The lowest BCUT2D eigenvalue weighted by Gasteiger charge is -2.16. The molecule has 1 rings (SSSR count). The highest BCUT2D eigenvalue weighted by atomic mass is 16.5. The number of quaternary nitrogens is 1. The smallest absolute Gasteiger partial charge is 0.142 e. The van der Waals surface area contributed by atoms with Crippen molar-refractivity contribution in [1.82, 2.24) is 0 Å². The first-order valence-corrected chi connectivity index (χ1v) is 5.98. The molecule has 1 aromatic carbocycles. The third kappa shape index (κ3) is 4.57. The van der Waals surface area contributed by atoms with E-state index in [1.54, 1.807) is 0 Å². The number of hydrogen-bond donors (Lipinski definition) is 1. The summed E-state index contributed by atoms with van der Waals surface area (Å²) < 4.78 is 5.49. The Morgan fingerprint density at radius 2 is 2.06 bits per heavy atom. The third-order valence-electron chi connectivity index (χ3n) is 2.51. The quantitative estimate of drug-likeness (QED) is 0.841. The van der Waals surface area contributed by atoms with Gasteiger partial charge in [0.05, 0.1) is 0 Å². The first kappa shape index (κ1) is 13.7. The molecule has 3 nitrogen and oxygen atoms in total. The molecule has 0 aliphatic heterocycles. The molecule has 3 N–H and O–H groups in total. The van der Waals surface area contributed by atoms with Crippen LogP contribution in [0.5, 0.6) is 5.75 Å². The summed E-state index contributed by atoms with van der Waals surface area (Å²) in [5, 5.41) is 0. The fraction of sp³-hybridized carbons (Fsp3) is 0.500. The molecule has 0 saturated heterocycles. The fourth-order valence-electron chi connectivity index (χ4n) is 1.39. The van der Waals surface area contributed by atoms with E-state index in [-0.39, 0.29) is 11.2 Å². The van der Waals surface area contributed by atoms with Crippen LogP contribution in [0.15, 0.2) is 24.3 Å². The van der Waals surface area contributed by atoms with E-state index in [1.807, 2.05) is 45.0 Å². The summed E-state index contributed by atoms with van der Waals surface area (Å²) in [5.41, 5.74) is 4.44. The van der Waals surface area contributed by atoms with Gasteiger partial charge in [0.1, 0.15) is 24.7 Å². The van der Waals surface area contributed by atoms with Gasteiger partial charge in [-0.1, -0.05) is 32.9 Å². The lowest BCUT2D eigenvalue weighted by Crippen LogP contribution is -2.52. The van der Waals surface area contributed by atoms with Crippen molar-refractivity contribution < 1.29 is 15.3 Å². The maximum atomic E-state index is 11.9. The Labute approximate surface area is 103 Å². The van der Waals surface area contributed by atoms with E-state index in [4.69, 9.17) is 4.74 Å². The Balaban J connectivity index is 2.69. The molecule has 3 heteroatoms. The lowest BCUT2D eigenvalue weighted by molar-refractivity contribution is -0.370. The molecule has 0 bridgehead atoms. The molecular weight excluding hydrogens is 214 g/mol. The summed E-state index contributed by atoms with van der Waals surface area (Å²) in [6.07, 6.45) is 0.463. The van der Waals surface area contributed by atoms with Crippen molar-refractivity contribution in [2.75, 3.05) is 13.2 Å². The van der Waals surface area contributed by atoms with Crippen LogP contribution >= 0.6 is 0 Å². The summed E-state index contributed by atoms with van der Waals surface area (Å²) in [4.78, 5) is 11.9. The number of hydrogen-bond acceptors (Lipinski definition) is 2. The summed E-state index contributed by atoms with van der Waals surface area (Å²) in [7, 11) is 0. The molecule has 94 valence electrons. The van der Waals surface area contributed by atoms with Crippen LogP contribution in [0.3, 0.4) is 0 Å². The first-order valence-electron chi connectivity index (χ1n) is 5.98. The van der Waals surface area contributed by atoms with Crippen molar-refractivity contribution in [1.29, 1.82) is 0 Å². The van der Waals surface area contributed by atoms with Crippen LogP contribution in [-0.4, -0.2) is 18.9 Å². The summed E-state index contributed by atoms with van der Waals surface area (Å²) in [5.74, 6) is 1.06. The van der Waals surface area contributed by atoms with Gasteiger partial charge in [0.25, 0.3) is 0 Å². The molecule has 0 aromatic heterocycles. The standard InChI is InChI=1S/C14H21NO2/c1-14(2,3)13(16)10-11-5-4-6-12(9-11)17-8-7-15/h4-6,9H,7-8,10,15H2,1-3H3/p+1. The highest BCUT2D eigenvalue weighted by Crippen LogP contribution is 2.20. The van der Waals surface area contributed by atoms with Crippen molar-refractivity contribution in [3.05, 3.63) is 29.8 Å². The maximum Gasteiger partial charge on any atom is 0.142 e. The van der Waals surface area contributed by atoms with Crippen molar-refractivity contribution in [3.8, 4) is 5.75 Å². The van der Waals surface area contributed by atoms with Gasteiger partial charge in [0, 0.05) is 11.8 Å². The molecule has 0 unspecified atom stereocenters. The number of carbonyl (C=O) groups is 1. The summed E-state index contributed by atoms with van der Waals surface area (Å²) in [6, 6.07) is 7.71. The van der Waals surface area contributed by atoms with E-state index in [1.165, 1.54) is 0 Å². The zero-order valence-corrected chi connectivity index (χ0v) is 11.0. The predicted octanol–water partition coefficient (Wildman–Crippen LogP) is 1.46. The summed E-state index contributed by atoms with van der Waals surface area (Å²) >= 11 is 0. The molecule has 0 radical (unpaired) electrons. The monoisotopic (exact) mass is 236 g/mol. The zero-order chi connectivity index (χ0) is 12.9. The molecule has 17 heavy (non-hydrogen) atoms. The van der Waals surface area contributed by atoms with Gasteiger partial charge in [-0.05, 0) is 17.7 Å². The van der Waals surface area contributed by atoms with E-state index in [0.717, 1.165) is 17.9 Å². The van der Waals surface area contributed by atoms with Crippen LogP contribution in [0, 0.1) is 5.41 Å². The minimum Gasteiger partial charge on any atom is -0.488 e. The molecule has 0 heterocycles. The zero-order valence-electron chi connectivity index (χ0n) is 11.0. The fourth-order valence-corrected chi connectivity index (χ4v) is 1.39. The van der Waals surface area contributed by atoms with Crippen LogP contribution in [0.25, 0.3) is 0 Å². The van der Waals surface area contributed by atoms with Gasteiger partial charge >= 0.3 is 0 Å². The van der Waals surface area contributed by atoms with Crippen LogP contribution in [0.2, 0.25) is 0 Å². The predicted molar refractivity (Wildman–Crippen MR) is 67.9 cm³/mol. The topological polar surface area (TPSA) is 53.9 Å². The van der Waals surface area contributed by atoms with E-state index in [0.29, 0.717) is 13.0 Å². The van der Waals surface area contributed by atoms with Crippen LogP contribution in [0.1, 0.15) is 26.3 Å². The second-order valence-corrected chi connectivity index (χ2v) is 5.20. The number of benzene rings is 1. The van der Waals surface area contributed by atoms with Crippen LogP contribution < -0.4 is 10.5 Å². The van der Waals surface area contributed by atoms with Gasteiger partial charge < -0.3 is 10.5 Å². The van der Waals surface area contributed by atoms with Gasteiger partial charge in [0.2, 0.25) is 0 Å². The second kappa shape index (κ2) is 5.82. The Kier molecular flexibility index (Phi) is 4.70. The minimum absolute atomic E-state index is 0.242. The third-order valence-corrected chi connectivity index (χ3v) is 2.51. The molecule has 0 atom stereocenters. The Bertz CT molecular complexity index is 380. The lowest BCUT2D eigenvalue weighted by atomic mass is 9.87. The van der Waals surface area contributed by atoms with Gasteiger partial charge in [-0.2, -0.15) is 0 Å². The number of rotatable bonds is 5. The molecule has 0 saturated carbocycles. The highest BCUT2D eigenvalue weighted by molar-refractivity contribution is 5.85. The Hall–Kier alpha value is -1.35. The van der Waals surface area contributed by atoms with Gasteiger partial charge in [0.15, 0.2) is 0 Å². The van der Waals surface area contributed by atoms with Gasteiger partial charge in [-0.25, -0.2) is 0 Å². The van der Waals surface area contributed by atoms with Crippen molar-refractivity contribution in [3.63, 3.8) is 0 Å². The molecule has 0 aliphatic carbocycles. The van der Waals surface area contributed by atoms with Crippen LogP contribution in [-0.2, 0) is 11.2 Å². The first-order chi connectivity index (χ1) is 7.93. The Morgan fingerprint density at radius 3 is 2.65 bits per heavy atom. The van der Waals surface area contributed by atoms with Crippen LogP contribution in [0.4, 0.5) is 0 Å². The van der Waals surface area contributed by atoms with E-state index < -0.39 is 0 Å². The molecule has 0 aliphatic rings. The normalized spacial score (nSPS) is 11.3. The van der Waals surface area contributed by atoms with E-state index in [9.17, 15) is 4.79 Å². The highest BCUT2D eigenvalue weighted by Gasteiger charge is 2.21. The number of Topliss-reactive ketones (excluding diaryl/α,β-unsaturated/α-hetero) is 1. The van der Waals surface area contributed by atoms with Crippen molar-refractivity contribution in [2.24, 2.45) is 5.41 Å². The minimum atomic E-state index is -0.287. The van der Waals surface area contributed by atoms with Gasteiger partial charge in [-0.3, -0.25) is 4.79 Å². The SMILES string of the molecule is CC(C)(C)C(=O)Cc1cccc(OCC[NH3+])c1. The average molecular weight is 236 g/mol. The van der Waals surface area contributed by atoms with Crippen molar-refractivity contribution >= 4 is 5.78 Å². The van der Waals surface area contributed by atoms with E-state index >= 15 is 0 Å². The molecule has 1 aromatic rings. The molecular formula is C14H22NO2+. The maximum absolute atomic E-state index is 11.9.